The van der Waals surface area contributed by atoms with Crippen LogP contribution >= 0.6 is 11.6 Å². The van der Waals surface area contributed by atoms with E-state index in [0.717, 1.165) is 25.7 Å². The molecule has 0 fully saturated rings. The highest BCUT2D eigenvalue weighted by atomic mass is 35.5. The molecule has 6 heteroatoms. The summed E-state index contributed by atoms with van der Waals surface area (Å²) in [7, 11) is 0. The number of rotatable bonds is 13. The lowest BCUT2D eigenvalue weighted by Gasteiger charge is -2.23. The first kappa shape index (κ1) is 20.6. The molecule has 5 nitrogen and oxygen atoms in total. The lowest BCUT2D eigenvalue weighted by molar-refractivity contribution is -0.144. The zero-order valence-electron chi connectivity index (χ0n) is 13.1. The Balaban J connectivity index is 4.16. The zero-order valence-corrected chi connectivity index (χ0v) is 13.8. The first-order chi connectivity index (χ1) is 10.0. The summed E-state index contributed by atoms with van der Waals surface area (Å²) in [5.74, 6) is -0.250. The van der Waals surface area contributed by atoms with Crippen molar-refractivity contribution in [2.45, 2.75) is 70.0 Å². The zero-order chi connectivity index (χ0) is 16.1. The van der Waals surface area contributed by atoms with Crippen molar-refractivity contribution in [2.75, 3.05) is 19.8 Å². The number of hydrogen-bond donors (Lipinski definition) is 2. The second kappa shape index (κ2) is 13.3. The highest BCUT2D eigenvalue weighted by molar-refractivity contribution is 6.21. The molecule has 0 aromatic rings. The highest BCUT2D eigenvalue weighted by Gasteiger charge is 2.22. The number of unbranched alkanes of at least 4 members (excludes halogenated alkanes) is 1. The van der Waals surface area contributed by atoms with Gasteiger partial charge in [0.15, 0.2) is 0 Å². The third-order valence-corrected chi connectivity index (χ3v) is 3.57. The van der Waals surface area contributed by atoms with Gasteiger partial charge in [0.2, 0.25) is 0 Å². The fourth-order valence-corrected chi connectivity index (χ4v) is 2.20. The molecule has 126 valence electrons. The van der Waals surface area contributed by atoms with Crippen molar-refractivity contribution in [2.24, 2.45) is 0 Å². The number of esters is 1. The van der Waals surface area contributed by atoms with Gasteiger partial charge in [-0.1, -0.05) is 26.7 Å². The molecule has 0 spiro atoms. The van der Waals surface area contributed by atoms with Crippen LogP contribution in [0.25, 0.3) is 0 Å². The maximum Gasteiger partial charge on any atom is 0.305 e. The molecule has 0 rings (SSSR count). The molecule has 3 atom stereocenters. The van der Waals surface area contributed by atoms with E-state index in [0.29, 0.717) is 13.0 Å². The number of aliphatic hydroxyl groups is 2. The predicted octanol–water partition coefficient (Wildman–Crippen LogP) is 2.26. The largest absolute Gasteiger partial charge is 0.466 e. The van der Waals surface area contributed by atoms with Crippen LogP contribution in [0.4, 0.5) is 0 Å². The molecule has 0 heterocycles. The molecule has 0 radical (unpaired) electrons. The quantitative estimate of drug-likeness (QED) is 0.309. The minimum Gasteiger partial charge on any atom is -0.466 e. The van der Waals surface area contributed by atoms with Crippen molar-refractivity contribution in [1.29, 1.82) is 0 Å². The average Bonchev–Trinajstić information content (AvgIpc) is 2.47. The number of halogens is 1. The maximum atomic E-state index is 11.6. The van der Waals surface area contributed by atoms with E-state index in [9.17, 15) is 9.90 Å². The van der Waals surface area contributed by atoms with Gasteiger partial charge in [0.1, 0.15) is 6.10 Å². The van der Waals surface area contributed by atoms with E-state index < -0.39 is 6.10 Å². The van der Waals surface area contributed by atoms with Gasteiger partial charge in [-0.05, 0) is 19.3 Å². The van der Waals surface area contributed by atoms with Gasteiger partial charge in [-0.25, -0.2) is 0 Å². The van der Waals surface area contributed by atoms with Crippen molar-refractivity contribution in [3.8, 4) is 0 Å². The highest BCUT2D eigenvalue weighted by Crippen LogP contribution is 2.18. The summed E-state index contributed by atoms with van der Waals surface area (Å²) in [6.07, 6.45) is 2.99. The topological polar surface area (TPSA) is 76.0 Å². The van der Waals surface area contributed by atoms with E-state index in [1.807, 2.05) is 13.8 Å². The molecule has 0 saturated carbocycles. The predicted molar refractivity (Wildman–Crippen MR) is 82.5 cm³/mol. The Labute approximate surface area is 132 Å². The molecule has 0 aromatic heterocycles. The van der Waals surface area contributed by atoms with Gasteiger partial charge in [-0.2, -0.15) is 0 Å². The third kappa shape index (κ3) is 10.9. The summed E-state index contributed by atoms with van der Waals surface area (Å²) in [6, 6.07) is 0. The summed E-state index contributed by atoms with van der Waals surface area (Å²) in [5, 5.41) is 17.9. The number of carbonyl (C=O) groups is 1. The third-order valence-electron chi connectivity index (χ3n) is 3.08. The number of alkyl halides is 1. The Bertz CT molecular complexity index is 262. The summed E-state index contributed by atoms with van der Waals surface area (Å²) in [6.45, 7) is 4.16. The molecule has 3 unspecified atom stereocenters. The normalized spacial score (nSPS) is 15.5. The molecule has 0 aliphatic carbocycles. The second-order valence-electron chi connectivity index (χ2n) is 5.13. The number of ether oxygens (including phenoxy) is 2. The summed E-state index contributed by atoms with van der Waals surface area (Å²) >= 11 is 6.26. The van der Waals surface area contributed by atoms with Crippen LogP contribution in [0.3, 0.4) is 0 Å². The van der Waals surface area contributed by atoms with Crippen LogP contribution in [0.15, 0.2) is 0 Å². The van der Waals surface area contributed by atoms with Crippen molar-refractivity contribution in [3.05, 3.63) is 0 Å². The Hall–Kier alpha value is -0.360. The number of aliphatic hydroxyl groups excluding tert-OH is 2. The van der Waals surface area contributed by atoms with Gasteiger partial charge in [0.05, 0.1) is 31.3 Å². The molecule has 0 aliphatic rings. The van der Waals surface area contributed by atoms with Crippen LogP contribution in [0, 0.1) is 0 Å². The Morgan fingerprint density at radius 3 is 2.52 bits per heavy atom. The monoisotopic (exact) mass is 324 g/mol. The van der Waals surface area contributed by atoms with Gasteiger partial charge < -0.3 is 19.7 Å². The van der Waals surface area contributed by atoms with E-state index in [1.165, 1.54) is 0 Å². The van der Waals surface area contributed by atoms with Gasteiger partial charge >= 0.3 is 5.97 Å². The molecule has 0 amide bonds. The molecular weight excluding hydrogens is 296 g/mol. The Morgan fingerprint density at radius 1 is 1.24 bits per heavy atom. The van der Waals surface area contributed by atoms with Gasteiger partial charge in [-0.15, -0.1) is 11.6 Å². The summed E-state index contributed by atoms with van der Waals surface area (Å²) in [4.78, 5) is 11.6. The number of hydrogen-bond acceptors (Lipinski definition) is 5. The van der Waals surface area contributed by atoms with Crippen molar-refractivity contribution < 1.29 is 24.5 Å². The second-order valence-corrected chi connectivity index (χ2v) is 5.69. The van der Waals surface area contributed by atoms with Gasteiger partial charge in [0, 0.05) is 6.42 Å². The molecule has 0 aliphatic heterocycles. The fraction of sp³-hybridized carbons (Fsp3) is 0.933. The minimum atomic E-state index is -0.922. The first-order valence-corrected chi connectivity index (χ1v) is 8.18. The molecule has 0 bridgehead atoms. The maximum absolute atomic E-state index is 11.6. The SMILES string of the molecule is CCCCOC(=O)CCC(OCC(O)CO)C(Cl)CCC. The van der Waals surface area contributed by atoms with Gasteiger partial charge in [-0.3, -0.25) is 4.79 Å². The molecule has 0 aromatic carbocycles. The van der Waals surface area contributed by atoms with E-state index in [2.05, 4.69) is 0 Å². The molecule has 21 heavy (non-hydrogen) atoms. The van der Waals surface area contributed by atoms with Crippen LogP contribution in [0.5, 0.6) is 0 Å². The fourth-order valence-electron chi connectivity index (χ4n) is 1.78. The van der Waals surface area contributed by atoms with E-state index >= 15 is 0 Å². The van der Waals surface area contributed by atoms with Crippen LogP contribution < -0.4 is 0 Å². The minimum absolute atomic E-state index is 0.0129. The van der Waals surface area contributed by atoms with Crippen LogP contribution in [0.2, 0.25) is 0 Å². The molecular formula is C15H29ClO5. The first-order valence-electron chi connectivity index (χ1n) is 7.75. The lowest BCUT2D eigenvalue weighted by Crippen LogP contribution is -2.31. The summed E-state index contributed by atoms with van der Waals surface area (Å²) < 4.78 is 10.6. The van der Waals surface area contributed by atoms with E-state index in [-0.39, 0.29) is 37.1 Å². The average molecular weight is 325 g/mol. The van der Waals surface area contributed by atoms with Crippen molar-refractivity contribution >= 4 is 17.6 Å². The smallest absolute Gasteiger partial charge is 0.305 e. The Kier molecular flexibility index (Phi) is 13.1. The van der Waals surface area contributed by atoms with Crippen LogP contribution in [-0.2, 0) is 14.3 Å². The van der Waals surface area contributed by atoms with Crippen LogP contribution in [-0.4, -0.2) is 53.6 Å². The molecule has 0 saturated heterocycles. The summed E-state index contributed by atoms with van der Waals surface area (Å²) in [5.41, 5.74) is 0. The lowest BCUT2D eigenvalue weighted by atomic mass is 10.1. The van der Waals surface area contributed by atoms with Gasteiger partial charge in [0.25, 0.3) is 0 Å². The molecule has 2 N–H and O–H groups in total. The number of carbonyl (C=O) groups excluding carboxylic acids is 1. The van der Waals surface area contributed by atoms with Crippen molar-refractivity contribution in [1.82, 2.24) is 0 Å². The van der Waals surface area contributed by atoms with Crippen LogP contribution in [0.1, 0.15) is 52.4 Å². The van der Waals surface area contributed by atoms with Crippen molar-refractivity contribution in [3.63, 3.8) is 0 Å². The van der Waals surface area contributed by atoms with E-state index in [1.54, 1.807) is 0 Å². The Morgan fingerprint density at radius 2 is 1.95 bits per heavy atom. The van der Waals surface area contributed by atoms with E-state index in [4.69, 9.17) is 26.2 Å². The standard InChI is InChI=1S/C15H29ClO5/c1-3-5-9-20-15(19)8-7-14(13(16)6-4-2)21-11-12(18)10-17/h12-14,17-18H,3-11H2,1-2H3.